The Labute approximate surface area is 177 Å². The molecule has 2 fully saturated rings. The fourth-order valence-electron chi connectivity index (χ4n) is 3.87. The molecule has 0 saturated carbocycles. The Balaban J connectivity index is 1.57. The lowest BCUT2D eigenvalue weighted by Gasteiger charge is -2.37. The van der Waals surface area contributed by atoms with E-state index in [1.165, 1.54) is 23.5 Å². The van der Waals surface area contributed by atoms with E-state index in [4.69, 9.17) is 0 Å². The zero-order valence-corrected chi connectivity index (χ0v) is 18.0. The minimum atomic E-state index is -3.44. The van der Waals surface area contributed by atoms with E-state index >= 15 is 0 Å². The summed E-state index contributed by atoms with van der Waals surface area (Å²) in [6.07, 6.45) is 2.93. The molecule has 3 heterocycles. The summed E-state index contributed by atoms with van der Waals surface area (Å²) in [6, 6.07) is 2.35. The van der Waals surface area contributed by atoms with Gasteiger partial charge in [0.05, 0.1) is 18.0 Å². The third-order valence-electron chi connectivity index (χ3n) is 5.36. The number of nitrogens with zero attached hydrogens (tertiary/aromatic N) is 3. The molecule has 7 nitrogen and oxygen atoms in total. The number of nitrogens with one attached hydrogen (secondary N) is 1. The van der Waals surface area contributed by atoms with Crippen LogP contribution in [-0.2, 0) is 16.4 Å². The molecule has 2 amide bonds. The monoisotopic (exact) mass is 456 g/mol. The van der Waals surface area contributed by atoms with Crippen molar-refractivity contribution in [3.8, 4) is 10.6 Å². The normalized spacial score (nSPS) is 21.7. The van der Waals surface area contributed by atoms with E-state index in [2.05, 4.69) is 9.71 Å². The van der Waals surface area contributed by atoms with Crippen molar-refractivity contribution in [2.75, 3.05) is 25.9 Å². The van der Waals surface area contributed by atoms with Gasteiger partial charge in [0.1, 0.15) is 16.6 Å². The van der Waals surface area contributed by atoms with Gasteiger partial charge in [-0.2, -0.15) is 0 Å². The molecular formula is C19H22F2N4O3S2. The van der Waals surface area contributed by atoms with Crippen LogP contribution in [0.25, 0.3) is 10.6 Å². The number of hydrogen-bond donors (Lipinski definition) is 1. The number of amides is 2. The van der Waals surface area contributed by atoms with Crippen molar-refractivity contribution in [2.45, 2.75) is 31.3 Å². The molecule has 0 aliphatic carbocycles. The summed E-state index contributed by atoms with van der Waals surface area (Å²) in [7, 11) is -3.44. The SMILES string of the molecule is CS(=O)(=O)N[C@H]1CCN(C(=O)N2CCC2)C1Cc1csc(-c2cc(F)cc(F)c2)n1. The maximum Gasteiger partial charge on any atom is 0.320 e. The van der Waals surface area contributed by atoms with Gasteiger partial charge in [0, 0.05) is 49.1 Å². The van der Waals surface area contributed by atoms with Crippen LogP contribution in [0.1, 0.15) is 18.5 Å². The second-order valence-electron chi connectivity index (χ2n) is 7.68. The highest BCUT2D eigenvalue weighted by atomic mass is 32.2. The van der Waals surface area contributed by atoms with E-state index in [-0.39, 0.29) is 12.1 Å². The van der Waals surface area contributed by atoms with Gasteiger partial charge >= 0.3 is 6.03 Å². The lowest BCUT2D eigenvalue weighted by Crippen LogP contribution is -2.54. The number of sulfonamides is 1. The number of hydrogen-bond acceptors (Lipinski definition) is 5. The van der Waals surface area contributed by atoms with Crippen LogP contribution >= 0.6 is 11.3 Å². The summed E-state index contributed by atoms with van der Waals surface area (Å²) < 4.78 is 53.3. The molecule has 2 aliphatic rings. The van der Waals surface area contributed by atoms with Crippen LogP contribution in [0.3, 0.4) is 0 Å². The molecule has 2 saturated heterocycles. The Morgan fingerprint density at radius 2 is 1.93 bits per heavy atom. The molecule has 0 radical (unpaired) electrons. The summed E-state index contributed by atoms with van der Waals surface area (Å²) in [4.78, 5) is 20.8. The van der Waals surface area contributed by atoms with Gasteiger partial charge in [-0.25, -0.2) is 31.7 Å². The standard InChI is InChI=1S/C19H22F2N4O3S2/c1-30(27,28)23-16-3-6-25(19(26)24-4-2-5-24)17(16)10-15-11-29-18(22-15)12-7-13(20)9-14(21)8-12/h7-9,11,16-17,23H,2-6,10H2,1H3/t16-,17?/m0/s1. The van der Waals surface area contributed by atoms with Gasteiger partial charge in [0.15, 0.2) is 0 Å². The van der Waals surface area contributed by atoms with Crippen molar-refractivity contribution in [1.82, 2.24) is 19.5 Å². The second-order valence-corrected chi connectivity index (χ2v) is 10.3. The fourth-order valence-corrected chi connectivity index (χ4v) is 5.52. The van der Waals surface area contributed by atoms with Crippen LogP contribution in [0.4, 0.5) is 13.6 Å². The van der Waals surface area contributed by atoms with Crippen molar-refractivity contribution in [3.63, 3.8) is 0 Å². The number of urea groups is 1. The maximum absolute atomic E-state index is 13.5. The Morgan fingerprint density at radius 3 is 2.53 bits per heavy atom. The first-order valence-electron chi connectivity index (χ1n) is 9.63. The van der Waals surface area contributed by atoms with E-state index in [0.717, 1.165) is 18.7 Å². The number of carbonyl (C=O) groups is 1. The van der Waals surface area contributed by atoms with Crippen LogP contribution < -0.4 is 4.72 Å². The summed E-state index contributed by atoms with van der Waals surface area (Å²) in [5, 5.41) is 2.25. The molecule has 2 aliphatic heterocycles. The number of carbonyl (C=O) groups excluding carboxylic acids is 1. The smallest absolute Gasteiger partial charge is 0.320 e. The van der Waals surface area contributed by atoms with Crippen molar-refractivity contribution in [2.24, 2.45) is 0 Å². The highest BCUT2D eigenvalue weighted by Crippen LogP contribution is 2.29. The third kappa shape index (κ3) is 4.62. The van der Waals surface area contributed by atoms with E-state index < -0.39 is 27.7 Å². The molecule has 0 bridgehead atoms. The van der Waals surface area contributed by atoms with Crippen LogP contribution in [-0.4, -0.2) is 67.2 Å². The van der Waals surface area contributed by atoms with E-state index in [1.54, 1.807) is 15.2 Å². The van der Waals surface area contributed by atoms with Crippen molar-refractivity contribution >= 4 is 27.4 Å². The van der Waals surface area contributed by atoms with Gasteiger partial charge in [-0.15, -0.1) is 11.3 Å². The first kappa shape index (κ1) is 21.1. The highest BCUT2D eigenvalue weighted by molar-refractivity contribution is 7.88. The summed E-state index contributed by atoms with van der Waals surface area (Å²) in [6.45, 7) is 1.87. The first-order chi connectivity index (χ1) is 14.2. The molecule has 2 atom stereocenters. The van der Waals surface area contributed by atoms with Gasteiger partial charge in [-0.3, -0.25) is 0 Å². The summed E-state index contributed by atoms with van der Waals surface area (Å²) in [5.41, 5.74) is 0.989. The van der Waals surface area contributed by atoms with E-state index in [0.29, 0.717) is 48.7 Å². The predicted molar refractivity (Wildman–Crippen MR) is 110 cm³/mol. The van der Waals surface area contributed by atoms with E-state index in [1.807, 2.05) is 0 Å². The molecule has 1 aromatic heterocycles. The van der Waals surface area contributed by atoms with Crippen molar-refractivity contribution in [1.29, 1.82) is 0 Å². The molecule has 2 aromatic rings. The van der Waals surface area contributed by atoms with Gasteiger partial charge in [0.2, 0.25) is 10.0 Å². The quantitative estimate of drug-likeness (QED) is 0.749. The van der Waals surface area contributed by atoms with Gasteiger partial charge in [-0.1, -0.05) is 0 Å². The maximum atomic E-state index is 13.5. The largest absolute Gasteiger partial charge is 0.325 e. The molecule has 162 valence electrons. The molecule has 11 heteroatoms. The molecule has 1 unspecified atom stereocenters. The first-order valence-corrected chi connectivity index (χ1v) is 12.4. The molecule has 0 spiro atoms. The second kappa shape index (κ2) is 8.20. The molecule has 1 N–H and O–H groups in total. The van der Waals surface area contributed by atoms with Gasteiger partial charge < -0.3 is 9.80 Å². The minimum Gasteiger partial charge on any atom is -0.325 e. The van der Waals surface area contributed by atoms with Crippen molar-refractivity contribution in [3.05, 3.63) is 40.9 Å². The number of benzene rings is 1. The molecule has 4 rings (SSSR count). The Kier molecular flexibility index (Phi) is 5.78. The predicted octanol–water partition coefficient (Wildman–Crippen LogP) is 2.45. The average molecular weight is 457 g/mol. The number of aromatic nitrogens is 1. The summed E-state index contributed by atoms with van der Waals surface area (Å²) >= 11 is 1.25. The zero-order chi connectivity index (χ0) is 21.5. The topological polar surface area (TPSA) is 82.6 Å². The van der Waals surface area contributed by atoms with Gasteiger partial charge in [-0.05, 0) is 25.0 Å². The van der Waals surface area contributed by atoms with Gasteiger partial charge in [0.25, 0.3) is 0 Å². The average Bonchev–Trinajstić information content (AvgIpc) is 3.19. The van der Waals surface area contributed by atoms with Crippen LogP contribution in [0, 0.1) is 11.6 Å². The summed E-state index contributed by atoms with van der Waals surface area (Å²) in [5.74, 6) is -1.36. The number of thiazole rings is 1. The minimum absolute atomic E-state index is 0.0910. The molecule has 30 heavy (non-hydrogen) atoms. The lowest BCUT2D eigenvalue weighted by molar-refractivity contribution is 0.120. The fraction of sp³-hybridized carbons (Fsp3) is 0.474. The molecule has 1 aromatic carbocycles. The van der Waals surface area contributed by atoms with Crippen LogP contribution in [0.15, 0.2) is 23.6 Å². The number of halogens is 2. The van der Waals surface area contributed by atoms with Crippen LogP contribution in [0.5, 0.6) is 0 Å². The highest BCUT2D eigenvalue weighted by Gasteiger charge is 2.41. The Bertz CT molecular complexity index is 1040. The Hall–Kier alpha value is -2.11. The van der Waals surface area contributed by atoms with Crippen molar-refractivity contribution < 1.29 is 22.0 Å². The Morgan fingerprint density at radius 1 is 1.23 bits per heavy atom. The third-order valence-corrected chi connectivity index (χ3v) is 7.03. The van der Waals surface area contributed by atoms with E-state index in [9.17, 15) is 22.0 Å². The number of rotatable bonds is 5. The van der Waals surface area contributed by atoms with Crippen LogP contribution in [0.2, 0.25) is 0 Å². The number of likely N-dealkylation sites (tertiary alicyclic amines) is 2. The molecular weight excluding hydrogens is 434 g/mol. The zero-order valence-electron chi connectivity index (χ0n) is 16.3. The lowest BCUT2D eigenvalue weighted by atomic mass is 10.1.